The molecule has 0 fully saturated rings. The molecular formula is C22H30N2O7. The molecule has 0 saturated carbocycles. The van der Waals surface area contributed by atoms with Gasteiger partial charge in [0, 0.05) is 23.5 Å². The summed E-state index contributed by atoms with van der Waals surface area (Å²) < 4.78 is 39.7. The van der Waals surface area contributed by atoms with Crippen molar-refractivity contribution in [2.45, 2.75) is 0 Å². The van der Waals surface area contributed by atoms with E-state index >= 15 is 0 Å². The molecule has 2 aromatic rings. The Morgan fingerprint density at radius 2 is 0.742 bits per heavy atom. The van der Waals surface area contributed by atoms with E-state index in [0.29, 0.717) is 100 Å². The van der Waals surface area contributed by atoms with Crippen molar-refractivity contribution in [1.29, 1.82) is 0 Å². The first-order chi connectivity index (χ1) is 15.2. The van der Waals surface area contributed by atoms with Gasteiger partial charge in [0.05, 0.1) is 39.6 Å². The molecule has 4 N–H and O–H groups in total. The number of hydrogen-bond acceptors (Lipinski definition) is 9. The summed E-state index contributed by atoms with van der Waals surface area (Å²) in [5, 5.41) is 0. The van der Waals surface area contributed by atoms with Crippen LogP contribution in [0.4, 0.5) is 11.4 Å². The van der Waals surface area contributed by atoms with Crippen molar-refractivity contribution in [2.24, 2.45) is 0 Å². The lowest BCUT2D eigenvalue weighted by Crippen LogP contribution is -2.14. The number of ether oxygens (including phenoxy) is 7. The van der Waals surface area contributed by atoms with Crippen LogP contribution in [0.5, 0.6) is 23.0 Å². The number of rotatable bonds is 0. The largest absolute Gasteiger partial charge is 0.487 e. The first-order valence-electron chi connectivity index (χ1n) is 10.3. The van der Waals surface area contributed by atoms with Crippen molar-refractivity contribution in [1.82, 2.24) is 0 Å². The van der Waals surface area contributed by atoms with Gasteiger partial charge in [-0.3, -0.25) is 0 Å². The number of hydrogen-bond donors (Lipinski definition) is 2. The van der Waals surface area contributed by atoms with Crippen LogP contribution in [-0.4, -0.2) is 66.1 Å². The monoisotopic (exact) mass is 434 g/mol. The van der Waals surface area contributed by atoms with Crippen LogP contribution in [0.3, 0.4) is 0 Å². The molecule has 1 heterocycles. The molecule has 0 saturated heterocycles. The topological polar surface area (TPSA) is 117 Å². The lowest BCUT2D eigenvalue weighted by atomic mass is 10.3. The van der Waals surface area contributed by atoms with E-state index in [1.807, 2.05) is 0 Å². The normalized spacial score (nSPS) is 17.3. The first-order valence-corrected chi connectivity index (χ1v) is 10.3. The Kier molecular flexibility index (Phi) is 9.36. The fraction of sp³-hybridized carbons (Fsp3) is 0.455. The molecule has 0 spiro atoms. The number of nitrogen functional groups attached to an aromatic ring is 2. The van der Waals surface area contributed by atoms with Crippen LogP contribution < -0.4 is 30.4 Å². The van der Waals surface area contributed by atoms with E-state index in [9.17, 15) is 0 Å². The van der Waals surface area contributed by atoms with Gasteiger partial charge in [-0.1, -0.05) is 0 Å². The molecular weight excluding hydrogens is 404 g/mol. The summed E-state index contributed by atoms with van der Waals surface area (Å²) in [4.78, 5) is 0. The molecule has 9 heteroatoms. The third kappa shape index (κ3) is 8.05. The van der Waals surface area contributed by atoms with Gasteiger partial charge in [-0.25, -0.2) is 0 Å². The van der Waals surface area contributed by atoms with Gasteiger partial charge < -0.3 is 44.6 Å². The van der Waals surface area contributed by atoms with E-state index in [0.717, 1.165) is 0 Å². The summed E-state index contributed by atoms with van der Waals surface area (Å²) in [5.41, 5.74) is 12.9. The van der Waals surface area contributed by atoms with Gasteiger partial charge in [-0.2, -0.15) is 0 Å². The average molecular weight is 434 g/mol. The first kappa shape index (κ1) is 22.8. The van der Waals surface area contributed by atoms with Crippen molar-refractivity contribution in [3.05, 3.63) is 36.4 Å². The lowest BCUT2D eigenvalue weighted by Gasteiger charge is -2.14. The summed E-state index contributed by atoms with van der Waals surface area (Å²) in [6, 6.07) is 10.5. The second-order valence-corrected chi connectivity index (χ2v) is 6.64. The zero-order chi connectivity index (χ0) is 21.7. The molecule has 0 radical (unpaired) electrons. The van der Waals surface area contributed by atoms with Crippen LogP contribution >= 0.6 is 0 Å². The van der Waals surface area contributed by atoms with Gasteiger partial charge >= 0.3 is 0 Å². The number of anilines is 2. The molecule has 9 nitrogen and oxygen atoms in total. The Labute approximate surface area is 182 Å². The molecule has 0 atom stereocenters. The van der Waals surface area contributed by atoms with E-state index in [2.05, 4.69) is 0 Å². The third-order valence-corrected chi connectivity index (χ3v) is 4.25. The Hall–Kier alpha value is -2.88. The van der Waals surface area contributed by atoms with E-state index in [4.69, 9.17) is 44.6 Å². The average Bonchev–Trinajstić information content (AvgIpc) is 2.76. The van der Waals surface area contributed by atoms with Gasteiger partial charge in [-0.05, 0) is 24.3 Å². The molecule has 1 aliphatic rings. The van der Waals surface area contributed by atoms with Crippen LogP contribution in [0.2, 0.25) is 0 Å². The Balaban J connectivity index is 1.56. The number of fused-ring (bicyclic) bond motifs is 2. The van der Waals surface area contributed by atoms with Crippen LogP contribution in [-0.2, 0) is 14.2 Å². The zero-order valence-corrected chi connectivity index (χ0v) is 17.5. The lowest BCUT2D eigenvalue weighted by molar-refractivity contribution is 0.0268. The quantitative estimate of drug-likeness (QED) is 0.601. The maximum atomic E-state index is 5.86. The summed E-state index contributed by atoms with van der Waals surface area (Å²) in [6.45, 7) is 4.02. The van der Waals surface area contributed by atoms with Gasteiger partial charge in [-0.15, -0.1) is 0 Å². The van der Waals surface area contributed by atoms with Gasteiger partial charge in [0.25, 0.3) is 0 Å². The highest BCUT2D eigenvalue weighted by Crippen LogP contribution is 2.30. The fourth-order valence-electron chi connectivity index (χ4n) is 2.78. The predicted octanol–water partition coefficient (Wildman–Crippen LogP) is 2.13. The minimum atomic E-state index is 0.351. The Morgan fingerprint density at radius 1 is 0.419 bits per heavy atom. The van der Waals surface area contributed by atoms with E-state index < -0.39 is 0 Å². The maximum absolute atomic E-state index is 5.86. The van der Waals surface area contributed by atoms with Gasteiger partial charge in [0.2, 0.25) is 0 Å². The molecule has 1 aliphatic heterocycles. The van der Waals surface area contributed by atoms with E-state index in [1.165, 1.54) is 0 Å². The summed E-state index contributed by atoms with van der Waals surface area (Å²) in [6.07, 6.45) is 0. The molecule has 0 aliphatic carbocycles. The summed E-state index contributed by atoms with van der Waals surface area (Å²) in [5.74, 6) is 2.35. The molecule has 31 heavy (non-hydrogen) atoms. The van der Waals surface area contributed by atoms with Gasteiger partial charge in [0.15, 0.2) is 23.0 Å². The van der Waals surface area contributed by atoms with Crippen LogP contribution in [0.25, 0.3) is 0 Å². The Bertz CT molecular complexity index is 803. The van der Waals surface area contributed by atoms with Crippen molar-refractivity contribution >= 4 is 11.4 Å². The zero-order valence-electron chi connectivity index (χ0n) is 17.5. The third-order valence-electron chi connectivity index (χ3n) is 4.25. The number of nitrogens with two attached hydrogens (primary N) is 2. The number of benzene rings is 2. The van der Waals surface area contributed by atoms with Gasteiger partial charge in [0.1, 0.15) is 26.4 Å². The molecule has 2 aromatic carbocycles. The highest BCUT2D eigenvalue weighted by molar-refractivity contribution is 5.52. The maximum Gasteiger partial charge on any atom is 0.163 e. The second-order valence-electron chi connectivity index (χ2n) is 6.64. The molecule has 0 aromatic heterocycles. The highest BCUT2D eigenvalue weighted by Gasteiger charge is 2.08. The predicted molar refractivity (Wildman–Crippen MR) is 116 cm³/mol. The summed E-state index contributed by atoms with van der Waals surface area (Å²) in [7, 11) is 0. The highest BCUT2D eigenvalue weighted by atomic mass is 16.6. The molecule has 170 valence electrons. The van der Waals surface area contributed by atoms with Crippen LogP contribution in [0.1, 0.15) is 0 Å². The van der Waals surface area contributed by atoms with Crippen molar-refractivity contribution in [2.75, 3.05) is 77.5 Å². The smallest absolute Gasteiger partial charge is 0.163 e. The SMILES string of the molecule is Nc1ccc2c(c1)OCCOCCOCCOc1ccc(N)cc1OCCOCCO2. The molecule has 0 unspecified atom stereocenters. The fourth-order valence-corrected chi connectivity index (χ4v) is 2.78. The molecule has 0 bridgehead atoms. The standard InChI is InChI=1S/C22H30N2O7/c23-17-2-4-20-21(15-17)30-13-9-26-6-5-25-7-11-28-19-3-1-18(24)16-22(19)31-14-10-27-8-12-29-20/h1-4,15-16H,5-14,23-24H2. The van der Waals surface area contributed by atoms with Crippen molar-refractivity contribution in [3.63, 3.8) is 0 Å². The minimum Gasteiger partial charge on any atom is -0.487 e. The summed E-state index contributed by atoms with van der Waals surface area (Å²) >= 11 is 0. The molecule has 3 rings (SSSR count). The van der Waals surface area contributed by atoms with Crippen molar-refractivity contribution in [3.8, 4) is 23.0 Å². The second kappa shape index (κ2) is 12.7. The van der Waals surface area contributed by atoms with Crippen LogP contribution in [0, 0.1) is 0 Å². The Morgan fingerprint density at radius 3 is 1.13 bits per heavy atom. The van der Waals surface area contributed by atoms with E-state index in [1.54, 1.807) is 36.4 Å². The minimum absolute atomic E-state index is 0.351. The molecule has 0 amide bonds. The van der Waals surface area contributed by atoms with E-state index in [-0.39, 0.29) is 0 Å². The van der Waals surface area contributed by atoms with Crippen LogP contribution in [0.15, 0.2) is 36.4 Å². The van der Waals surface area contributed by atoms with Crippen molar-refractivity contribution < 1.29 is 33.2 Å².